The fourth-order valence-corrected chi connectivity index (χ4v) is 1.84. The van der Waals surface area contributed by atoms with Crippen LogP contribution < -0.4 is 10.2 Å². The number of nitrogens with zero attached hydrogens (tertiary/aromatic N) is 2. The van der Waals surface area contributed by atoms with Crippen molar-refractivity contribution in [3.63, 3.8) is 0 Å². The second kappa shape index (κ2) is 8.25. The molecule has 0 unspecified atom stereocenters. The van der Waals surface area contributed by atoms with Gasteiger partial charge in [0.05, 0.1) is 11.1 Å². The fourth-order valence-electron chi connectivity index (χ4n) is 1.84. The highest BCUT2D eigenvalue weighted by molar-refractivity contribution is 5.95. The molecule has 0 aliphatic rings. The molecule has 2 aromatic rings. The Hall–Kier alpha value is -3.68. The molecule has 0 heterocycles. The maximum Gasteiger partial charge on any atom is 0.271 e. The predicted octanol–water partition coefficient (Wildman–Crippen LogP) is 2.63. The van der Waals surface area contributed by atoms with Crippen LogP contribution in [0.4, 0.5) is 5.69 Å². The minimum absolute atomic E-state index is 0.114. The Bertz CT molecular complexity index is 816. The second-order valence-corrected chi connectivity index (χ2v) is 4.82. The Labute approximate surface area is 143 Å². The van der Waals surface area contributed by atoms with Crippen molar-refractivity contribution in [3.8, 4) is 11.5 Å². The summed E-state index contributed by atoms with van der Waals surface area (Å²) in [5.41, 5.74) is 2.55. The molecule has 0 bridgehead atoms. The Morgan fingerprint density at radius 1 is 1.32 bits per heavy atom. The van der Waals surface area contributed by atoms with E-state index in [1.807, 2.05) is 0 Å². The van der Waals surface area contributed by atoms with E-state index in [4.69, 9.17) is 4.74 Å². The number of non-ortho nitro benzene ring substituents is 1. The van der Waals surface area contributed by atoms with Gasteiger partial charge in [-0.25, -0.2) is 5.43 Å². The van der Waals surface area contributed by atoms with Crippen molar-refractivity contribution < 1.29 is 19.6 Å². The first-order valence-corrected chi connectivity index (χ1v) is 7.16. The number of benzene rings is 2. The summed E-state index contributed by atoms with van der Waals surface area (Å²) in [5.74, 6) is -0.0646. The van der Waals surface area contributed by atoms with E-state index >= 15 is 0 Å². The third-order valence-corrected chi connectivity index (χ3v) is 3.08. The maximum atomic E-state index is 12.0. The minimum Gasteiger partial charge on any atom is -0.507 e. The van der Waals surface area contributed by atoms with Gasteiger partial charge in [0.15, 0.2) is 0 Å². The number of hydrazone groups is 1. The zero-order chi connectivity index (χ0) is 18.2. The van der Waals surface area contributed by atoms with Gasteiger partial charge in [-0.05, 0) is 30.3 Å². The summed E-state index contributed by atoms with van der Waals surface area (Å²) < 4.78 is 5.31. The van der Waals surface area contributed by atoms with Gasteiger partial charge in [0.2, 0.25) is 0 Å². The number of nitro benzene ring substituents is 1. The first-order chi connectivity index (χ1) is 12.0. The van der Waals surface area contributed by atoms with E-state index in [2.05, 4.69) is 17.1 Å². The van der Waals surface area contributed by atoms with Gasteiger partial charge in [-0.1, -0.05) is 12.7 Å². The van der Waals surface area contributed by atoms with E-state index in [1.54, 1.807) is 30.3 Å². The number of phenols is 1. The largest absolute Gasteiger partial charge is 0.507 e. The standard InChI is InChI=1S/C17H15N3O5/c1-2-9-25-15-6-3-12(4-7-15)17(22)19-18-11-13-10-14(20(23)24)5-8-16(13)21/h2-8,10-11,21H,1,9H2,(H,19,22)/b18-11+. The first-order valence-electron chi connectivity index (χ1n) is 7.16. The lowest BCUT2D eigenvalue weighted by atomic mass is 10.2. The summed E-state index contributed by atoms with van der Waals surface area (Å²) in [6, 6.07) is 9.90. The molecule has 8 nitrogen and oxygen atoms in total. The Morgan fingerprint density at radius 2 is 2.04 bits per heavy atom. The van der Waals surface area contributed by atoms with E-state index in [0.717, 1.165) is 12.3 Å². The quantitative estimate of drug-likeness (QED) is 0.348. The molecule has 0 atom stereocenters. The van der Waals surface area contributed by atoms with Gasteiger partial charge >= 0.3 is 0 Å². The van der Waals surface area contributed by atoms with Crippen molar-refractivity contribution in [1.82, 2.24) is 5.43 Å². The van der Waals surface area contributed by atoms with Gasteiger partial charge in [0.25, 0.3) is 11.6 Å². The summed E-state index contributed by atoms with van der Waals surface area (Å²) in [7, 11) is 0. The summed E-state index contributed by atoms with van der Waals surface area (Å²) in [6.07, 6.45) is 2.74. The van der Waals surface area contributed by atoms with E-state index < -0.39 is 10.8 Å². The molecule has 0 aliphatic heterocycles. The molecule has 0 saturated carbocycles. The number of nitrogens with one attached hydrogen (secondary N) is 1. The summed E-state index contributed by atoms with van der Waals surface area (Å²) in [6.45, 7) is 3.90. The van der Waals surface area contributed by atoms with Crippen LogP contribution >= 0.6 is 0 Å². The number of amides is 1. The molecule has 25 heavy (non-hydrogen) atoms. The Morgan fingerprint density at radius 3 is 2.68 bits per heavy atom. The van der Waals surface area contributed by atoms with E-state index in [1.165, 1.54) is 12.1 Å². The lowest BCUT2D eigenvalue weighted by molar-refractivity contribution is -0.384. The van der Waals surface area contributed by atoms with Gasteiger partial charge in [-0.3, -0.25) is 14.9 Å². The van der Waals surface area contributed by atoms with E-state index in [9.17, 15) is 20.0 Å². The average molecular weight is 341 g/mol. The van der Waals surface area contributed by atoms with Crippen LogP contribution in [-0.4, -0.2) is 28.8 Å². The van der Waals surface area contributed by atoms with Crippen molar-refractivity contribution in [1.29, 1.82) is 0 Å². The molecule has 0 fully saturated rings. The van der Waals surface area contributed by atoms with Crippen molar-refractivity contribution in [2.45, 2.75) is 0 Å². The number of ether oxygens (including phenoxy) is 1. The van der Waals surface area contributed by atoms with Crippen molar-refractivity contribution in [3.05, 3.63) is 76.4 Å². The van der Waals surface area contributed by atoms with Crippen molar-refractivity contribution in [2.24, 2.45) is 5.10 Å². The molecule has 1 amide bonds. The monoisotopic (exact) mass is 341 g/mol. The predicted molar refractivity (Wildman–Crippen MR) is 92.0 cm³/mol. The normalized spacial score (nSPS) is 10.4. The number of carbonyl (C=O) groups excluding carboxylic acids is 1. The molecule has 0 radical (unpaired) electrons. The SMILES string of the molecule is C=CCOc1ccc(C(=O)N/N=C/c2cc([N+](=O)[O-])ccc2O)cc1. The van der Waals surface area contributed by atoms with Crippen LogP contribution in [0.5, 0.6) is 11.5 Å². The van der Waals surface area contributed by atoms with Gasteiger partial charge in [-0.15, -0.1) is 0 Å². The molecule has 0 saturated heterocycles. The maximum absolute atomic E-state index is 12.0. The fraction of sp³-hybridized carbons (Fsp3) is 0.0588. The number of nitro groups is 1. The van der Waals surface area contributed by atoms with Gasteiger partial charge in [0.1, 0.15) is 18.1 Å². The highest BCUT2D eigenvalue weighted by Gasteiger charge is 2.09. The summed E-state index contributed by atoms with van der Waals surface area (Å²) in [4.78, 5) is 22.1. The van der Waals surface area contributed by atoms with E-state index in [-0.39, 0.29) is 17.0 Å². The van der Waals surface area contributed by atoms with Crippen LogP contribution in [0.15, 0.2) is 60.2 Å². The number of carbonyl (C=O) groups is 1. The van der Waals surface area contributed by atoms with Gasteiger partial charge in [0, 0.05) is 23.3 Å². The number of rotatable bonds is 7. The Kier molecular flexibility index (Phi) is 5.83. The summed E-state index contributed by atoms with van der Waals surface area (Å²) in [5, 5.41) is 24.1. The van der Waals surface area contributed by atoms with Crippen LogP contribution in [0.2, 0.25) is 0 Å². The summed E-state index contributed by atoms with van der Waals surface area (Å²) >= 11 is 0. The molecule has 2 N–H and O–H groups in total. The molecular weight excluding hydrogens is 326 g/mol. The van der Waals surface area contributed by atoms with Crippen LogP contribution in [0.1, 0.15) is 15.9 Å². The lowest BCUT2D eigenvalue weighted by Gasteiger charge is -2.04. The Balaban J connectivity index is 2.02. The zero-order valence-corrected chi connectivity index (χ0v) is 13.1. The third kappa shape index (κ3) is 4.90. The molecule has 128 valence electrons. The number of aromatic hydroxyl groups is 1. The van der Waals surface area contributed by atoms with Crippen LogP contribution in [0.25, 0.3) is 0 Å². The van der Waals surface area contributed by atoms with Crippen molar-refractivity contribution in [2.75, 3.05) is 6.61 Å². The number of hydrogen-bond donors (Lipinski definition) is 2. The van der Waals surface area contributed by atoms with Gasteiger partial charge < -0.3 is 9.84 Å². The average Bonchev–Trinajstić information content (AvgIpc) is 2.61. The third-order valence-electron chi connectivity index (χ3n) is 3.08. The molecule has 8 heteroatoms. The molecule has 2 rings (SSSR count). The molecule has 0 aliphatic carbocycles. The lowest BCUT2D eigenvalue weighted by Crippen LogP contribution is -2.17. The second-order valence-electron chi connectivity index (χ2n) is 4.82. The van der Waals surface area contributed by atoms with E-state index in [0.29, 0.717) is 17.9 Å². The highest BCUT2D eigenvalue weighted by atomic mass is 16.6. The molecular formula is C17H15N3O5. The van der Waals surface area contributed by atoms with Crippen LogP contribution in [0, 0.1) is 10.1 Å². The molecule has 0 spiro atoms. The van der Waals surface area contributed by atoms with Gasteiger partial charge in [-0.2, -0.15) is 5.10 Å². The van der Waals surface area contributed by atoms with Crippen molar-refractivity contribution >= 4 is 17.8 Å². The molecule has 2 aromatic carbocycles. The smallest absolute Gasteiger partial charge is 0.271 e. The van der Waals surface area contributed by atoms with Crippen LogP contribution in [0.3, 0.4) is 0 Å². The zero-order valence-electron chi connectivity index (χ0n) is 13.1. The minimum atomic E-state index is -0.592. The first kappa shape index (κ1) is 17.7. The number of phenolic OH excluding ortho intramolecular Hbond substituents is 1. The highest BCUT2D eigenvalue weighted by Crippen LogP contribution is 2.21. The topological polar surface area (TPSA) is 114 Å². The number of hydrogen-bond acceptors (Lipinski definition) is 6. The van der Waals surface area contributed by atoms with Crippen LogP contribution in [-0.2, 0) is 0 Å². The molecule has 0 aromatic heterocycles.